The molecule has 1 saturated carbocycles. The largest absolute Gasteiger partial charge is 0.463 e. The SMILES string of the molecule is C=CC(=O)OCCCCc1ccc(C(=O)OC2CCC(CCC)CC2)cc1. The monoisotopic (exact) mass is 372 g/mol. The van der Waals surface area contributed by atoms with Crippen LogP contribution in [0.2, 0.25) is 0 Å². The number of benzene rings is 1. The van der Waals surface area contributed by atoms with Crippen LogP contribution < -0.4 is 0 Å². The van der Waals surface area contributed by atoms with E-state index < -0.39 is 0 Å². The highest BCUT2D eigenvalue weighted by atomic mass is 16.5. The van der Waals surface area contributed by atoms with Crippen LogP contribution in [0.1, 0.15) is 74.2 Å². The minimum atomic E-state index is -0.378. The average molecular weight is 373 g/mol. The minimum Gasteiger partial charge on any atom is -0.463 e. The van der Waals surface area contributed by atoms with Gasteiger partial charge in [-0.3, -0.25) is 0 Å². The molecule has 0 aliphatic heterocycles. The molecule has 1 aliphatic carbocycles. The third kappa shape index (κ3) is 7.58. The van der Waals surface area contributed by atoms with Crippen molar-refractivity contribution in [2.24, 2.45) is 5.92 Å². The molecule has 0 radical (unpaired) electrons. The first-order chi connectivity index (χ1) is 13.1. The molecule has 0 atom stereocenters. The summed E-state index contributed by atoms with van der Waals surface area (Å²) in [5, 5.41) is 0. The third-order valence-corrected chi connectivity index (χ3v) is 5.22. The van der Waals surface area contributed by atoms with Gasteiger partial charge in [0.25, 0.3) is 0 Å². The second-order valence-electron chi connectivity index (χ2n) is 7.36. The second-order valence-corrected chi connectivity index (χ2v) is 7.36. The zero-order valence-electron chi connectivity index (χ0n) is 16.5. The third-order valence-electron chi connectivity index (χ3n) is 5.22. The normalized spacial score (nSPS) is 19.3. The van der Waals surface area contributed by atoms with Crippen LogP contribution >= 0.6 is 0 Å². The Labute approximate surface area is 162 Å². The quantitative estimate of drug-likeness (QED) is 0.320. The second kappa shape index (κ2) is 11.6. The first-order valence-corrected chi connectivity index (χ1v) is 10.2. The lowest BCUT2D eigenvalue weighted by Gasteiger charge is -2.28. The average Bonchev–Trinajstić information content (AvgIpc) is 2.69. The molecule has 27 heavy (non-hydrogen) atoms. The molecule has 0 heterocycles. The van der Waals surface area contributed by atoms with Crippen LogP contribution in [0.3, 0.4) is 0 Å². The number of ether oxygens (including phenoxy) is 2. The van der Waals surface area contributed by atoms with Crippen LogP contribution in [-0.4, -0.2) is 24.6 Å². The van der Waals surface area contributed by atoms with Gasteiger partial charge in [-0.1, -0.05) is 38.5 Å². The summed E-state index contributed by atoms with van der Waals surface area (Å²) in [5.41, 5.74) is 1.79. The van der Waals surface area contributed by atoms with E-state index >= 15 is 0 Å². The molecular formula is C23H32O4. The van der Waals surface area contributed by atoms with Crippen molar-refractivity contribution in [1.82, 2.24) is 0 Å². The predicted octanol–water partition coefficient (Wildman–Crippen LogP) is 5.25. The van der Waals surface area contributed by atoms with Gasteiger partial charge in [0.05, 0.1) is 12.2 Å². The van der Waals surface area contributed by atoms with E-state index in [1.165, 1.54) is 37.3 Å². The standard InChI is InChI=1S/C23H32O4/c1-3-7-18-11-15-21(16-12-18)27-23(25)20-13-9-19(10-14-20)8-5-6-17-26-22(24)4-2/h4,9-10,13-14,18,21H,2-3,5-8,11-12,15-17H2,1H3. The molecule has 0 saturated heterocycles. The Morgan fingerprint density at radius 2 is 1.81 bits per heavy atom. The van der Waals surface area contributed by atoms with Crippen molar-refractivity contribution in [3.63, 3.8) is 0 Å². The van der Waals surface area contributed by atoms with Crippen molar-refractivity contribution in [2.75, 3.05) is 6.61 Å². The van der Waals surface area contributed by atoms with E-state index in [1.807, 2.05) is 24.3 Å². The Hall–Kier alpha value is -2.10. The van der Waals surface area contributed by atoms with Gasteiger partial charge in [0.1, 0.15) is 6.10 Å². The smallest absolute Gasteiger partial charge is 0.338 e. The van der Waals surface area contributed by atoms with E-state index in [-0.39, 0.29) is 18.0 Å². The highest BCUT2D eigenvalue weighted by Gasteiger charge is 2.23. The zero-order valence-corrected chi connectivity index (χ0v) is 16.5. The maximum atomic E-state index is 12.3. The topological polar surface area (TPSA) is 52.6 Å². The molecule has 0 aromatic heterocycles. The Bertz CT molecular complexity index is 597. The van der Waals surface area contributed by atoms with Gasteiger partial charge in [0.2, 0.25) is 0 Å². The van der Waals surface area contributed by atoms with Crippen LogP contribution in [-0.2, 0) is 20.7 Å². The summed E-state index contributed by atoms with van der Waals surface area (Å²) in [6, 6.07) is 7.64. The molecule has 4 heteroatoms. The number of hydrogen-bond donors (Lipinski definition) is 0. The van der Waals surface area contributed by atoms with Gasteiger partial charge in [-0.25, -0.2) is 9.59 Å². The van der Waals surface area contributed by atoms with Gasteiger partial charge in [-0.2, -0.15) is 0 Å². The summed E-state index contributed by atoms with van der Waals surface area (Å²) in [6.45, 7) is 6.01. The minimum absolute atomic E-state index is 0.0727. The fourth-order valence-corrected chi connectivity index (χ4v) is 3.64. The fraction of sp³-hybridized carbons (Fsp3) is 0.565. The maximum absolute atomic E-state index is 12.3. The highest BCUT2D eigenvalue weighted by Crippen LogP contribution is 2.29. The number of rotatable bonds is 10. The Balaban J connectivity index is 1.69. The predicted molar refractivity (Wildman–Crippen MR) is 107 cm³/mol. The molecule has 2 rings (SSSR count). The number of esters is 2. The van der Waals surface area contributed by atoms with Crippen LogP contribution in [0.4, 0.5) is 0 Å². The van der Waals surface area contributed by atoms with E-state index in [0.717, 1.165) is 38.0 Å². The summed E-state index contributed by atoms with van der Waals surface area (Å²) < 4.78 is 10.6. The van der Waals surface area contributed by atoms with Crippen molar-refractivity contribution in [2.45, 2.75) is 70.8 Å². The Kier molecular flexibility index (Phi) is 9.09. The van der Waals surface area contributed by atoms with Crippen molar-refractivity contribution in [3.05, 3.63) is 48.0 Å². The summed E-state index contributed by atoms with van der Waals surface area (Å²) >= 11 is 0. The molecule has 0 spiro atoms. The van der Waals surface area contributed by atoms with Gasteiger partial charge >= 0.3 is 11.9 Å². The number of unbranched alkanes of at least 4 members (excludes halogenated alkanes) is 1. The van der Waals surface area contributed by atoms with Crippen molar-refractivity contribution < 1.29 is 19.1 Å². The van der Waals surface area contributed by atoms with Crippen LogP contribution in [0.25, 0.3) is 0 Å². The molecular weight excluding hydrogens is 340 g/mol. The number of carbonyl (C=O) groups excluding carboxylic acids is 2. The fourth-order valence-electron chi connectivity index (χ4n) is 3.64. The molecule has 0 unspecified atom stereocenters. The van der Waals surface area contributed by atoms with E-state index in [2.05, 4.69) is 13.5 Å². The van der Waals surface area contributed by atoms with E-state index in [0.29, 0.717) is 12.2 Å². The maximum Gasteiger partial charge on any atom is 0.338 e. The molecule has 1 aliphatic rings. The van der Waals surface area contributed by atoms with Gasteiger partial charge < -0.3 is 9.47 Å². The van der Waals surface area contributed by atoms with Gasteiger partial charge in [-0.15, -0.1) is 0 Å². The highest BCUT2D eigenvalue weighted by molar-refractivity contribution is 5.89. The molecule has 4 nitrogen and oxygen atoms in total. The Morgan fingerprint density at radius 3 is 2.44 bits per heavy atom. The van der Waals surface area contributed by atoms with Crippen LogP contribution in [0, 0.1) is 5.92 Å². The van der Waals surface area contributed by atoms with Crippen molar-refractivity contribution in [1.29, 1.82) is 0 Å². The lowest BCUT2D eigenvalue weighted by molar-refractivity contribution is -0.137. The lowest BCUT2D eigenvalue weighted by atomic mass is 9.85. The first-order valence-electron chi connectivity index (χ1n) is 10.2. The van der Waals surface area contributed by atoms with Gasteiger partial charge in [-0.05, 0) is 68.6 Å². The van der Waals surface area contributed by atoms with Gasteiger partial charge in [0.15, 0.2) is 0 Å². The molecule has 148 valence electrons. The number of hydrogen-bond acceptors (Lipinski definition) is 4. The summed E-state index contributed by atoms with van der Waals surface area (Å²) in [5.74, 6) is 0.220. The van der Waals surface area contributed by atoms with Crippen molar-refractivity contribution >= 4 is 11.9 Å². The molecule has 1 fully saturated rings. The molecule has 1 aromatic rings. The van der Waals surface area contributed by atoms with Crippen LogP contribution in [0.15, 0.2) is 36.9 Å². The number of aryl methyl sites for hydroxylation is 1. The first kappa shape index (κ1) is 21.2. The Morgan fingerprint density at radius 1 is 1.11 bits per heavy atom. The van der Waals surface area contributed by atoms with E-state index in [9.17, 15) is 9.59 Å². The summed E-state index contributed by atoms with van der Waals surface area (Å²) in [7, 11) is 0. The molecule has 0 N–H and O–H groups in total. The van der Waals surface area contributed by atoms with Crippen molar-refractivity contribution in [3.8, 4) is 0 Å². The number of carbonyl (C=O) groups is 2. The molecule has 0 bridgehead atoms. The van der Waals surface area contributed by atoms with Gasteiger partial charge in [0, 0.05) is 6.08 Å². The molecule has 1 aromatic carbocycles. The van der Waals surface area contributed by atoms with E-state index in [4.69, 9.17) is 9.47 Å². The van der Waals surface area contributed by atoms with Crippen LogP contribution in [0.5, 0.6) is 0 Å². The van der Waals surface area contributed by atoms with E-state index in [1.54, 1.807) is 0 Å². The summed E-state index contributed by atoms with van der Waals surface area (Å²) in [4.78, 5) is 23.3. The summed E-state index contributed by atoms with van der Waals surface area (Å²) in [6.07, 6.45) is 10.7. The zero-order chi connectivity index (χ0) is 19.5. The molecule has 0 amide bonds. The lowest BCUT2D eigenvalue weighted by Crippen LogP contribution is -2.24.